The third-order valence-corrected chi connectivity index (χ3v) is 4.13. The number of aliphatic hydroxyl groups excluding tert-OH is 1. The molecule has 1 aromatic heterocycles. The van der Waals surface area contributed by atoms with Crippen molar-refractivity contribution in [3.05, 3.63) is 29.0 Å². The van der Waals surface area contributed by atoms with Gasteiger partial charge in [-0.15, -0.1) is 0 Å². The number of hydrogen-bond acceptors (Lipinski definition) is 6. The summed E-state index contributed by atoms with van der Waals surface area (Å²) in [4.78, 5) is 4.10. The van der Waals surface area contributed by atoms with E-state index in [2.05, 4.69) is 4.98 Å². The molecule has 6 nitrogen and oxygen atoms in total. The Kier molecular flexibility index (Phi) is 5.62. The lowest BCUT2D eigenvalue weighted by Crippen LogP contribution is -2.28. The summed E-state index contributed by atoms with van der Waals surface area (Å²) >= 11 is 5.84. The van der Waals surface area contributed by atoms with Crippen LogP contribution in [0.5, 0.6) is 0 Å². The first-order valence-electron chi connectivity index (χ1n) is 7.48. The molecule has 0 unspecified atom stereocenters. The van der Waals surface area contributed by atoms with Crippen molar-refractivity contribution in [3.8, 4) is 0 Å². The fourth-order valence-corrected chi connectivity index (χ4v) is 2.89. The van der Waals surface area contributed by atoms with E-state index in [1.807, 2.05) is 6.07 Å². The zero-order chi connectivity index (χ0) is 15.4. The van der Waals surface area contributed by atoms with Crippen LogP contribution in [-0.2, 0) is 18.9 Å². The van der Waals surface area contributed by atoms with E-state index >= 15 is 0 Å². The maximum Gasteiger partial charge on any atom is 0.160 e. The fourth-order valence-electron chi connectivity index (χ4n) is 2.78. The van der Waals surface area contributed by atoms with Gasteiger partial charge in [-0.3, -0.25) is 0 Å². The summed E-state index contributed by atoms with van der Waals surface area (Å²) in [5, 5.41) is 11.0. The molecule has 0 aliphatic carbocycles. The average molecular weight is 330 g/mol. The Morgan fingerprint density at radius 1 is 1.05 bits per heavy atom. The summed E-state index contributed by atoms with van der Waals surface area (Å²) in [6.45, 7) is 2.31. The van der Waals surface area contributed by atoms with Gasteiger partial charge in [-0.05, 0) is 11.6 Å². The normalized spacial score (nSPS) is 23.0. The highest BCUT2D eigenvalue weighted by Gasteiger charge is 2.31. The summed E-state index contributed by atoms with van der Waals surface area (Å²) in [5.74, 6) is -0.180. The third kappa shape index (κ3) is 4.16. The Labute approximate surface area is 134 Å². The number of ether oxygens (including phenoxy) is 4. The Morgan fingerprint density at radius 3 is 2.18 bits per heavy atom. The predicted octanol–water partition coefficient (Wildman–Crippen LogP) is 1.71. The predicted molar refractivity (Wildman–Crippen MR) is 78.6 cm³/mol. The molecule has 2 aliphatic heterocycles. The van der Waals surface area contributed by atoms with Crippen molar-refractivity contribution < 1.29 is 24.1 Å². The molecule has 122 valence electrons. The van der Waals surface area contributed by atoms with Crippen molar-refractivity contribution in [1.29, 1.82) is 0 Å². The summed E-state index contributed by atoms with van der Waals surface area (Å²) in [7, 11) is 0. The van der Waals surface area contributed by atoms with Gasteiger partial charge in [0.05, 0.1) is 32.5 Å². The molecule has 0 saturated carbocycles. The second-order valence-corrected chi connectivity index (χ2v) is 5.79. The van der Waals surface area contributed by atoms with Gasteiger partial charge >= 0.3 is 0 Å². The summed E-state index contributed by atoms with van der Waals surface area (Å²) in [6, 6.07) is 3.59. The molecule has 7 heteroatoms. The van der Waals surface area contributed by atoms with Crippen molar-refractivity contribution in [3.63, 3.8) is 0 Å². The maximum atomic E-state index is 10.6. The second kappa shape index (κ2) is 7.68. The Hall–Kier alpha value is -0.760. The summed E-state index contributed by atoms with van der Waals surface area (Å²) in [5.41, 5.74) is 0.897. The molecule has 2 saturated heterocycles. The first-order chi connectivity index (χ1) is 10.7. The number of nitrogens with zero attached hydrogens (tertiary/aromatic N) is 1. The van der Waals surface area contributed by atoms with Crippen LogP contribution in [0.4, 0.5) is 0 Å². The van der Waals surface area contributed by atoms with E-state index in [4.69, 9.17) is 30.5 Å². The SMILES string of the molecule is O[C@H](CC1OCCO1)[C@H](CC1OCCO1)c1ccc(Cl)nc1. The molecule has 1 N–H and O–H groups in total. The Balaban J connectivity index is 1.70. The number of hydrogen-bond donors (Lipinski definition) is 1. The van der Waals surface area contributed by atoms with Crippen molar-refractivity contribution in [2.75, 3.05) is 26.4 Å². The Morgan fingerprint density at radius 2 is 1.64 bits per heavy atom. The molecule has 1 aromatic rings. The molecule has 0 spiro atoms. The Bertz CT molecular complexity index is 460. The van der Waals surface area contributed by atoms with Crippen molar-refractivity contribution in [1.82, 2.24) is 4.98 Å². The minimum absolute atomic E-state index is 0.180. The molecule has 3 heterocycles. The van der Waals surface area contributed by atoms with Gasteiger partial charge < -0.3 is 24.1 Å². The molecule has 3 rings (SSSR count). The van der Waals surface area contributed by atoms with Gasteiger partial charge in [0.2, 0.25) is 0 Å². The zero-order valence-corrected chi connectivity index (χ0v) is 12.9. The van der Waals surface area contributed by atoms with Gasteiger partial charge in [0.1, 0.15) is 5.15 Å². The average Bonchev–Trinajstić information content (AvgIpc) is 3.19. The van der Waals surface area contributed by atoms with Crippen molar-refractivity contribution >= 4 is 11.6 Å². The largest absolute Gasteiger partial charge is 0.392 e. The third-order valence-electron chi connectivity index (χ3n) is 3.90. The first kappa shape index (κ1) is 16.1. The highest BCUT2D eigenvalue weighted by molar-refractivity contribution is 6.29. The molecule has 22 heavy (non-hydrogen) atoms. The lowest BCUT2D eigenvalue weighted by Gasteiger charge is -2.26. The van der Waals surface area contributed by atoms with Crippen LogP contribution >= 0.6 is 11.6 Å². The molecule has 0 radical (unpaired) electrons. The van der Waals surface area contributed by atoms with Gasteiger partial charge in [-0.25, -0.2) is 4.98 Å². The van der Waals surface area contributed by atoms with Gasteiger partial charge in [0.25, 0.3) is 0 Å². The summed E-state index contributed by atoms with van der Waals surface area (Å²) < 4.78 is 21.8. The van der Waals surface area contributed by atoms with Gasteiger partial charge in [0, 0.05) is 25.0 Å². The molecule has 2 aliphatic rings. The van der Waals surface area contributed by atoms with E-state index in [-0.39, 0.29) is 18.5 Å². The topological polar surface area (TPSA) is 70.0 Å². The molecule has 2 fully saturated rings. The van der Waals surface area contributed by atoms with E-state index in [1.165, 1.54) is 0 Å². The van der Waals surface area contributed by atoms with Crippen molar-refractivity contribution in [2.24, 2.45) is 0 Å². The van der Waals surface area contributed by atoms with Crippen LogP contribution in [0.3, 0.4) is 0 Å². The highest BCUT2D eigenvalue weighted by Crippen LogP contribution is 2.31. The van der Waals surface area contributed by atoms with E-state index in [0.29, 0.717) is 44.4 Å². The number of rotatable bonds is 6. The number of pyridine rings is 1. The molecule has 0 amide bonds. The number of aliphatic hydroxyl groups is 1. The molecule has 0 aromatic carbocycles. The van der Waals surface area contributed by atoms with Gasteiger partial charge in [-0.2, -0.15) is 0 Å². The van der Waals surface area contributed by atoms with E-state index in [0.717, 1.165) is 5.56 Å². The number of halogens is 1. The zero-order valence-electron chi connectivity index (χ0n) is 12.2. The van der Waals surface area contributed by atoms with Crippen molar-refractivity contribution in [2.45, 2.75) is 37.4 Å². The van der Waals surface area contributed by atoms with Crippen LogP contribution in [0.2, 0.25) is 5.15 Å². The van der Waals surface area contributed by atoms with Crippen LogP contribution < -0.4 is 0 Å². The monoisotopic (exact) mass is 329 g/mol. The van der Waals surface area contributed by atoms with Crippen LogP contribution in [0.1, 0.15) is 24.3 Å². The molecular formula is C15H20ClNO5. The standard InChI is InChI=1S/C15H20ClNO5/c16-13-2-1-10(9-17-13)11(7-14-19-3-4-20-14)12(18)8-15-21-5-6-22-15/h1-2,9,11-12,14-15,18H,3-8H2/t11-,12-/m1/s1. The lowest BCUT2D eigenvalue weighted by molar-refractivity contribution is -0.0882. The lowest BCUT2D eigenvalue weighted by atomic mass is 9.89. The van der Waals surface area contributed by atoms with Crippen LogP contribution in [-0.4, -0.2) is 55.2 Å². The fraction of sp³-hybridized carbons (Fsp3) is 0.667. The maximum absolute atomic E-state index is 10.6. The quantitative estimate of drug-likeness (QED) is 0.801. The van der Waals surface area contributed by atoms with Gasteiger partial charge in [0.15, 0.2) is 12.6 Å². The highest BCUT2D eigenvalue weighted by atomic mass is 35.5. The second-order valence-electron chi connectivity index (χ2n) is 5.40. The van der Waals surface area contributed by atoms with E-state index < -0.39 is 6.10 Å². The van der Waals surface area contributed by atoms with E-state index in [9.17, 15) is 5.11 Å². The molecule has 0 bridgehead atoms. The van der Waals surface area contributed by atoms with Crippen LogP contribution in [0, 0.1) is 0 Å². The first-order valence-corrected chi connectivity index (χ1v) is 7.86. The minimum Gasteiger partial charge on any atom is -0.392 e. The molecular weight excluding hydrogens is 310 g/mol. The minimum atomic E-state index is -0.640. The van der Waals surface area contributed by atoms with Gasteiger partial charge in [-0.1, -0.05) is 17.7 Å². The number of aromatic nitrogens is 1. The molecule has 2 atom stereocenters. The summed E-state index contributed by atoms with van der Waals surface area (Å²) in [6.07, 6.45) is 1.33. The van der Waals surface area contributed by atoms with Crippen LogP contribution in [0.25, 0.3) is 0 Å². The van der Waals surface area contributed by atoms with E-state index in [1.54, 1.807) is 12.3 Å². The van der Waals surface area contributed by atoms with Crippen LogP contribution in [0.15, 0.2) is 18.3 Å². The smallest absolute Gasteiger partial charge is 0.160 e.